The van der Waals surface area contributed by atoms with Crippen molar-refractivity contribution in [2.24, 2.45) is 0 Å². The zero-order valence-corrected chi connectivity index (χ0v) is 33.3. The highest BCUT2D eigenvalue weighted by Crippen LogP contribution is 2.17. The van der Waals surface area contributed by atoms with E-state index in [9.17, 15) is 19.8 Å². The summed E-state index contributed by atoms with van der Waals surface area (Å²) in [6.07, 6.45) is 28.3. The van der Waals surface area contributed by atoms with Crippen molar-refractivity contribution in [3.05, 3.63) is 0 Å². The normalized spacial score (nSPS) is 14.1. The van der Waals surface area contributed by atoms with Gasteiger partial charge in [-0.3, -0.25) is 0 Å². The van der Waals surface area contributed by atoms with E-state index in [4.69, 9.17) is 18.9 Å². The number of carbonyl (C=O) groups is 2. The number of carboxylic acid groups (broad SMARTS) is 2. The summed E-state index contributed by atoms with van der Waals surface area (Å²) in [5.74, 6) is -1.79. The molecule has 0 saturated carbocycles. The van der Waals surface area contributed by atoms with Crippen LogP contribution in [-0.2, 0) is 28.5 Å². The quantitative estimate of drug-likeness (QED) is 0.0602. The molecule has 0 heterocycles. The third-order valence-electron chi connectivity index (χ3n) is 9.71. The Hall–Kier alpha value is -1.22. The average molecular weight is 715 g/mol. The smallest absolute Gasteiger partial charge is 0.332 e. The lowest BCUT2D eigenvalue weighted by Crippen LogP contribution is -2.32. The molecule has 0 saturated heterocycles. The van der Waals surface area contributed by atoms with Crippen molar-refractivity contribution in [2.45, 2.75) is 232 Å². The lowest BCUT2D eigenvalue weighted by Gasteiger charge is -2.23. The Bertz CT molecular complexity index is 673. The van der Waals surface area contributed by atoms with Crippen LogP contribution < -0.4 is 0 Å². The van der Waals surface area contributed by atoms with Gasteiger partial charge in [0, 0.05) is 0 Å². The summed E-state index contributed by atoms with van der Waals surface area (Å²) in [5, 5.41) is 19.6. The molecule has 4 unspecified atom stereocenters. The number of ether oxygens (including phenoxy) is 4. The number of aliphatic carboxylic acids is 2. The maximum Gasteiger partial charge on any atom is 0.332 e. The largest absolute Gasteiger partial charge is 0.479 e. The van der Waals surface area contributed by atoms with E-state index in [-0.39, 0.29) is 25.4 Å². The highest BCUT2D eigenvalue weighted by Gasteiger charge is 2.22. The zero-order valence-electron chi connectivity index (χ0n) is 33.3. The molecule has 0 aliphatic heterocycles. The summed E-state index contributed by atoms with van der Waals surface area (Å²) >= 11 is 0. The third-order valence-corrected chi connectivity index (χ3v) is 9.71. The van der Waals surface area contributed by atoms with Gasteiger partial charge in [0.15, 0.2) is 12.2 Å². The Morgan fingerprint density at radius 2 is 0.640 bits per heavy atom. The van der Waals surface area contributed by atoms with Crippen LogP contribution in [0.4, 0.5) is 0 Å². The molecular weight excluding hydrogens is 632 g/mol. The van der Waals surface area contributed by atoms with Crippen LogP contribution in [0.1, 0.15) is 207 Å². The topological polar surface area (TPSA) is 112 Å². The van der Waals surface area contributed by atoms with E-state index < -0.39 is 24.1 Å². The van der Waals surface area contributed by atoms with E-state index in [0.717, 1.165) is 77.0 Å². The van der Waals surface area contributed by atoms with Crippen molar-refractivity contribution in [2.75, 3.05) is 26.4 Å². The first kappa shape index (κ1) is 48.8. The minimum absolute atomic E-state index is 0.182. The van der Waals surface area contributed by atoms with Gasteiger partial charge in [0.2, 0.25) is 0 Å². The highest BCUT2D eigenvalue weighted by atomic mass is 16.6. The summed E-state index contributed by atoms with van der Waals surface area (Å²) in [6, 6.07) is 0. The second kappa shape index (κ2) is 37.5. The van der Waals surface area contributed by atoms with Gasteiger partial charge < -0.3 is 29.2 Å². The molecule has 4 atom stereocenters. The Kier molecular flexibility index (Phi) is 36.6. The number of rotatable bonds is 41. The summed E-state index contributed by atoms with van der Waals surface area (Å²) in [4.78, 5) is 23.9. The van der Waals surface area contributed by atoms with Gasteiger partial charge in [-0.05, 0) is 25.7 Å². The number of carboxylic acids is 2. The second-order valence-corrected chi connectivity index (χ2v) is 14.5. The minimum Gasteiger partial charge on any atom is -0.479 e. The Morgan fingerprint density at radius 3 is 0.920 bits per heavy atom. The molecule has 8 nitrogen and oxygen atoms in total. The molecule has 0 fully saturated rings. The van der Waals surface area contributed by atoms with Crippen LogP contribution in [0.15, 0.2) is 0 Å². The third kappa shape index (κ3) is 31.5. The van der Waals surface area contributed by atoms with E-state index >= 15 is 0 Å². The molecule has 8 heteroatoms. The summed E-state index contributed by atoms with van der Waals surface area (Å²) in [6.45, 7) is 10.1. The predicted molar refractivity (Wildman–Crippen MR) is 206 cm³/mol. The molecule has 0 aliphatic carbocycles. The summed E-state index contributed by atoms with van der Waals surface area (Å²) in [7, 11) is 0. The molecule has 50 heavy (non-hydrogen) atoms. The molecule has 0 rings (SSSR count). The van der Waals surface area contributed by atoms with Crippen LogP contribution in [-0.4, -0.2) is 73.0 Å². The average Bonchev–Trinajstić information content (AvgIpc) is 3.10. The molecule has 0 radical (unpaired) electrons. The Labute approximate surface area is 308 Å². The molecule has 0 bridgehead atoms. The van der Waals surface area contributed by atoms with E-state index in [1.54, 1.807) is 0 Å². The fraction of sp³-hybridized carbons (Fsp3) is 0.952. The lowest BCUT2D eigenvalue weighted by atomic mass is 10.1. The first-order valence-electron chi connectivity index (χ1n) is 21.3. The molecule has 0 aromatic rings. The SMILES string of the molecule is CCCCCCCCC(COC(CCCCCCCC)C(=O)O)OCCOC(CCCCCCCC)COC(CCCCCCCC)C(=O)O. The highest BCUT2D eigenvalue weighted by molar-refractivity contribution is 5.72. The maximum absolute atomic E-state index is 12.0. The summed E-state index contributed by atoms with van der Waals surface area (Å²) in [5.41, 5.74) is 0. The zero-order chi connectivity index (χ0) is 36.9. The van der Waals surface area contributed by atoms with Gasteiger partial charge in [-0.1, -0.05) is 182 Å². The van der Waals surface area contributed by atoms with Crippen LogP contribution >= 0.6 is 0 Å². The lowest BCUT2D eigenvalue weighted by molar-refractivity contribution is -0.156. The van der Waals surface area contributed by atoms with E-state index in [0.29, 0.717) is 26.1 Å². The Balaban J connectivity index is 5.05. The molecule has 298 valence electrons. The van der Waals surface area contributed by atoms with Crippen molar-refractivity contribution in [3.63, 3.8) is 0 Å². The predicted octanol–water partition coefficient (Wildman–Crippen LogP) is 11.7. The fourth-order valence-corrected chi connectivity index (χ4v) is 6.39. The molecule has 0 amide bonds. The van der Waals surface area contributed by atoms with Crippen molar-refractivity contribution in [1.82, 2.24) is 0 Å². The Morgan fingerprint density at radius 1 is 0.380 bits per heavy atom. The number of unbranched alkanes of at least 4 members (excludes halogenated alkanes) is 20. The van der Waals surface area contributed by atoms with E-state index in [1.807, 2.05) is 0 Å². The van der Waals surface area contributed by atoms with Gasteiger partial charge in [-0.2, -0.15) is 0 Å². The number of hydrogen-bond donors (Lipinski definition) is 2. The van der Waals surface area contributed by atoms with Crippen LogP contribution in [0, 0.1) is 0 Å². The van der Waals surface area contributed by atoms with E-state index in [1.165, 1.54) is 89.9 Å². The van der Waals surface area contributed by atoms with Crippen molar-refractivity contribution < 1.29 is 38.7 Å². The van der Waals surface area contributed by atoms with Gasteiger partial charge in [-0.15, -0.1) is 0 Å². The monoisotopic (exact) mass is 715 g/mol. The molecule has 0 spiro atoms. The van der Waals surface area contributed by atoms with E-state index in [2.05, 4.69) is 27.7 Å². The van der Waals surface area contributed by atoms with Crippen LogP contribution in [0.5, 0.6) is 0 Å². The first-order valence-corrected chi connectivity index (χ1v) is 21.3. The van der Waals surface area contributed by atoms with Gasteiger partial charge >= 0.3 is 11.9 Å². The van der Waals surface area contributed by atoms with Gasteiger partial charge in [0.05, 0.1) is 38.6 Å². The molecule has 2 N–H and O–H groups in total. The maximum atomic E-state index is 12.0. The second-order valence-electron chi connectivity index (χ2n) is 14.5. The number of hydrogen-bond acceptors (Lipinski definition) is 6. The molecular formula is C42H82O8. The van der Waals surface area contributed by atoms with Crippen LogP contribution in [0.2, 0.25) is 0 Å². The van der Waals surface area contributed by atoms with Gasteiger partial charge in [-0.25, -0.2) is 9.59 Å². The first-order chi connectivity index (χ1) is 24.4. The van der Waals surface area contributed by atoms with Crippen molar-refractivity contribution in [1.29, 1.82) is 0 Å². The molecule has 0 aromatic heterocycles. The fourth-order valence-electron chi connectivity index (χ4n) is 6.39. The van der Waals surface area contributed by atoms with Crippen molar-refractivity contribution in [3.8, 4) is 0 Å². The van der Waals surface area contributed by atoms with Crippen LogP contribution in [0.25, 0.3) is 0 Å². The molecule has 0 aromatic carbocycles. The molecule has 0 aliphatic rings. The van der Waals surface area contributed by atoms with Crippen LogP contribution in [0.3, 0.4) is 0 Å². The summed E-state index contributed by atoms with van der Waals surface area (Å²) < 4.78 is 24.5. The van der Waals surface area contributed by atoms with Gasteiger partial charge in [0.25, 0.3) is 0 Å². The standard InChI is InChI=1S/C42H82O8/c1-5-9-13-17-21-25-29-37(35-49-39(41(43)44)31-27-23-19-15-11-7-3)47-33-34-48-38(30-26-22-18-14-10-6-2)36-50-40(42(45)46)32-28-24-20-16-12-8-4/h37-40H,5-36H2,1-4H3,(H,43,44)(H,45,46). The van der Waals surface area contributed by atoms with Gasteiger partial charge in [0.1, 0.15) is 0 Å². The van der Waals surface area contributed by atoms with Crippen molar-refractivity contribution >= 4 is 11.9 Å². The minimum atomic E-state index is -0.895.